The van der Waals surface area contributed by atoms with Gasteiger partial charge in [-0.1, -0.05) is 43.6 Å². The second-order valence-electron chi connectivity index (χ2n) is 32.2. The minimum absolute atomic E-state index is 0.0106. The van der Waals surface area contributed by atoms with E-state index in [0.29, 0.717) is 34.3 Å². The first-order chi connectivity index (χ1) is 69.2. The number of aliphatic hydroxyl groups is 15. The maximum atomic E-state index is 14.2. The van der Waals surface area contributed by atoms with Crippen molar-refractivity contribution < 1.29 is 178 Å². The summed E-state index contributed by atoms with van der Waals surface area (Å²) < 4.78 is 11.1. The summed E-state index contributed by atoms with van der Waals surface area (Å²) in [5.41, 5.74) is 7.06. The number of rotatable bonds is 66. The van der Waals surface area contributed by atoms with Crippen molar-refractivity contribution in [1.29, 1.82) is 0 Å². The number of anilines is 5. The van der Waals surface area contributed by atoms with Gasteiger partial charge in [0.05, 0.1) is 86.9 Å². The summed E-state index contributed by atoms with van der Waals surface area (Å²) in [6, 6.07) is 3.69. The number of nitrogens with zero attached hydrogens (tertiary/aromatic N) is 6. The number of nitrogens with two attached hydrogens (primary N) is 1. The number of likely N-dealkylation sites (N-methyl/N-ethyl adjacent to an activating group) is 1. The van der Waals surface area contributed by atoms with E-state index in [1.807, 2.05) is 24.3 Å². The van der Waals surface area contributed by atoms with Crippen molar-refractivity contribution in [3.63, 3.8) is 0 Å². The molecule has 0 unspecified atom stereocenters. The zero-order valence-corrected chi connectivity index (χ0v) is 81.4. The Balaban J connectivity index is 0.000000572. The van der Waals surface area contributed by atoms with E-state index in [1.165, 1.54) is 54.6 Å². The molecule has 0 spiro atoms. The number of aromatic amines is 1. The van der Waals surface area contributed by atoms with E-state index in [4.69, 9.17) is 30.5 Å². The molecule has 58 nitrogen and oxygen atoms in total. The Labute approximate surface area is 844 Å². The normalized spacial score (nSPS) is 15.2. The molecule has 61 heteroatoms. The summed E-state index contributed by atoms with van der Waals surface area (Å²) in [5.74, 6) is -14.6. The fourth-order valence-electron chi connectivity index (χ4n) is 12.8. The largest absolute Gasteiger partial charge is 0.508 e. The number of H-pyrrole nitrogens is 1. The van der Waals surface area contributed by atoms with E-state index in [-0.39, 0.29) is 67.6 Å². The number of benzene rings is 2. The number of halogens is 1. The number of carboxylic acid groups (broad SMARTS) is 4. The van der Waals surface area contributed by atoms with Gasteiger partial charge in [0.1, 0.15) is 116 Å². The number of nitrogen functional groups attached to an aromatic ring is 1. The number of carbonyl (C=O) groups excluding carboxylic acids is 11. The number of aliphatic carboxylic acids is 4. The summed E-state index contributed by atoms with van der Waals surface area (Å²) in [4.78, 5) is 231. The van der Waals surface area contributed by atoms with E-state index in [2.05, 4.69) is 120 Å². The van der Waals surface area contributed by atoms with Crippen LogP contribution >= 0.6 is 37.5 Å². The quantitative estimate of drug-likeness (QED) is 0.00958. The highest BCUT2D eigenvalue weighted by Gasteiger charge is 2.38. The molecule has 0 saturated carbocycles. The number of aliphatic hydroxyl groups excluding tert-OH is 15. The van der Waals surface area contributed by atoms with E-state index in [9.17, 15) is 158 Å². The van der Waals surface area contributed by atoms with Crippen LogP contribution in [0.15, 0.2) is 82.6 Å². The van der Waals surface area contributed by atoms with Crippen LogP contribution < -0.4 is 80.4 Å². The molecule has 0 radical (unpaired) electrons. The van der Waals surface area contributed by atoms with Gasteiger partial charge in [0.25, 0.3) is 11.5 Å². The Morgan fingerprint density at radius 3 is 1.45 bits per heavy atom. The molecule has 4 heterocycles. The molecule has 19 atom stereocenters. The predicted molar refractivity (Wildman–Crippen MR) is 514 cm³/mol. The van der Waals surface area contributed by atoms with Crippen LogP contribution in [0, 0.1) is 0 Å². The lowest BCUT2D eigenvalue weighted by Gasteiger charge is -2.27. The smallest absolute Gasteiger partial charge is 0.481 e. The molecule has 4 aromatic heterocycles. The number of fused-ring (bicyclic) bond motifs is 2. The minimum atomic E-state index is -2.12. The molecule has 35 N–H and O–H groups in total. The van der Waals surface area contributed by atoms with Crippen LogP contribution in [0.25, 0.3) is 22.1 Å². The van der Waals surface area contributed by atoms with Crippen LogP contribution in [0.1, 0.15) is 100 Å². The molecule has 6 rings (SSSR count). The minimum Gasteiger partial charge on any atom is -0.481 e. The molecule has 806 valence electrons. The fourth-order valence-corrected chi connectivity index (χ4v) is 15.1. The van der Waals surface area contributed by atoms with Crippen molar-refractivity contribution in [1.82, 2.24) is 88.1 Å². The third kappa shape index (κ3) is 43.7. The zero-order chi connectivity index (χ0) is 109. The SMILES string of the molecule is CC(=O)[C@H](CCC(=O)O)NC(=O)[C@H](CCC(=O)NC[C@H](O)[C@@H](O)[C@H](O)[C@H](O)CO)NC(=O)[C@H](CCC(=O)O)NC(=O)[C@H](CCC(=O)NC[C@H](O)[C@@H](O)[C@H](O)[C@H](O)CO)NC(=O)CC[C@H](NC(=O)c1ccc(NCc2cnc3nc(N)[nH]c(=O)c3n2)cc1)C(=O)O.CN[C@@H](CCC(=O)NC[C@H](O)[C@@H](O)[C@H](O)[C@H](O)CO)C(=O)N[C@@H](CSSCCOC(=O)OCCNc1cc2c(Nc3cccc(Br)c3)ncnc2cn1)C(=O)O. The molecule has 0 aliphatic rings. The number of ether oxygens (including phenoxy) is 2. The first-order valence-electron chi connectivity index (χ1n) is 44.6. The average molecular weight is 2170 g/mol. The number of ketones is 1. The summed E-state index contributed by atoms with van der Waals surface area (Å²) in [5, 5.41) is 217. The highest BCUT2D eigenvalue weighted by atomic mass is 79.9. The van der Waals surface area contributed by atoms with Gasteiger partial charge in [0.15, 0.2) is 16.9 Å². The summed E-state index contributed by atoms with van der Waals surface area (Å²) in [6.07, 6.45) is -27.0. The number of carboxylic acids is 4. The molecule has 0 fully saturated rings. The monoisotopic (exact) mass is 2170 g/mol. The van der Waals surface area contributed by atoms with E-state index >= 15 is 0 Å². The third-order valence-corrected chi connectivity index (χ3v) is 24.0. The van der Waals surface area contributed by atoms with Gasteiger partial charge in [-0.25, -0.2) is 39.3 Å². The number of Topliss-reactive ketones (excluding diaryl/α,β-unsaturated/α-hetero) is 1. The lowest BCUT2D eigenvalue weighted by atomic mass is 10.0. The summed E-state index contributed by atoms with van der Waals surface area (Å²) >= 11 is 3.45. The topological polar surface area (TPSA) is 951 Å². The van der Waals surface area contributed by atoms with E-state index in [0.717, 1.165) is 33.3 Å². The number of amides is 9. The standard InChI is InChI=1S/C52H75N13O25.C33H45BrN8O12S2/c1-22(68)26(9-14-38(76)77)60-48(86)28(7-12-36(74)56-19-32(70)42(81)44(83)34(72)21-67)61-49(87)29(10-15-39(78)79)62-47(85)27(6-11-35(73)55-18-31(69)41(80)43(82)33(71)20-66)59-37(75)13-8-30(51(89)90)63-46(84)23-2-4-24(5-3-23)54-16-25-17-57-45-40(58-25)50(88)65-52(53)64-45;1-35-21(5-6-27(46)38-14-24(44)28(47)29(48)25(45)15-43)31(49)42-23(32(50)51)16-56-55-10-9-54-33(52)53-8-7-36-26-12-20-22(13-37-26)39-17-40-30(20)41-19-4-2-3-18(34)11-19/h2-5,17,26-34,41-44,54,66-67,69-72,80-83H,6-16,18-21H2,1H3,(H,55,73)(H,56,74)(H,59,75)(H,60,86)(H,61,87)(H,62,85)(H,63,84)(H,76,77)(H,78,79)(H,89,90)(H3,53,57,64,65,88);2-4,11-13,17,21,23-25,28-29,35,43-45,47-48H,5-10,14-16H2,1H3,(H,36,37)(H,38,46)(H,42,49)(H,50,51)(H,39,40,41)/t26-,27-,28-,29-,30-,31-,32-,33+,34+,41+,42+,43+,44+;21-,23-,24-,25+,28+,29+/m00/s1. The fraction of sp³-hybridized carbons (Fsp3) is 0.529. The highest BCUT2D eigenvalue weighted by Crippen LogP contribution is 2.28. The molecule has 0 bridgehead atoms. The second kappa shape index (κ2) is 64.0. The predicted octanol–water partition coefficient (Wildman–Crippen LogP) is -9.24. The van der Waals surface area contributed by atoms with Gasteiger partial charge in [0.2, 0.25) is 53.2 Å². The molecule has 6 aromatic rings. The van der Waals surface area contributed by atoms with Crippen LogP contribution in [-0.2, 0) is 78.3 Å². The molecule has 0 saturated heterocycles. The van der Waals surface area contributed by atoms with Crippen LogP contribution in [0.3, 0.4) is 0 Å². The van der Waals surface area contributed by atoms with Gasteiger partial charge in [0, 0.05) is 96.5 Å². The summed E-state index contributed by atoms with van der Waals surface area (Å²) in [6.45, 7) is -3.73. The molecular formula is C85H120BrN21O37S2. The van der Waals surface area contributed by atoms with Crippen LogP contribution in [-0.4, -0.2) is 414 Å². The van der Waals surface area contributed by atoms with Crippen molar-refractivity contribution in [2.75, 3.05) is 99.5 Å². The molecule has 0 aliphatic carbocycles. The Kier molecular flexibility index (Phi) is 54.1. The zero-order valence-electron chi connectivity index (χ0n) is 78.2. The van der Waals surface area contributed by atoms with E-state index < -0.39 is 314 Å². The van der Waals surface area contributed by atoms with Gasteiger partial charge >= 0.3 is 30.0 Å². The van der Waals surface area contributed by atoms with Crippen LogP contribution in [0.4, 0.5) is 33.8 Å². The van der Waals surface area contributed by atoms with Gasteiger partial charge in [-0.2, -0.15) is 4.98 Å². The van der Waals surface area contributed by atoms with Crippen molar-refractivity contribution in [3.8, 4) is 0 Å². The maximum Gasteiger partial charge on any atom is 0.508 e. The molecular weight excluding hydrogens is 2050 g/mol. The number of nitrogens with one attached hydrogen (secondary N) is 14. The number of carbonyl (C=O) groups is 15. The van der Waals surface area contributed by atoms with Crippen LogP contribution in [0.5, 0.6) is 0 Å². The van der Waals surface area contributed by atoms with Crippen molar-refractivity contribution in [2.24, 2.45) is 0 Å². The van der Waals surface area contributed by atoms with Crippen molar-refractivity contribution in [3.05, 3.63) is 99.4 Å². The molecule has 2 aromatic carbocycles. The average Bonchev–Trinajstić information content (AvgIpc) is 0.807. The maximum absolute atomic E-state index is 14.2. The molecule has 0 aliphatic heterocycles. The van der Waals surface area contributed by atoms with Gasteiger partial charge < -0.3 is 181 Å². The van der Waals surface area contributed by atoms with Gasteiger partial charge in [-0.05, 0) is 101 Å². The Morgan fingerprint density at radius 1 is 0.479 bits per heavy atom. The Morgan fingerprint density at radius 2 is 0.945 bits per heavy atom. The van der Waals surface area contributed by atoms with Gasteiger partial charge in [-0.15, -0.1) is 0 Å². The number of hydrogen-bond donors (Lipinski definition) is 34. The lowest BCUT2D eigenvalue weighted by Crippen LogP contribution is -2.58. The van der Waals surface area contributed by atoms with Crippen molar-refractivity contribution in [2.45, 2.75) is 206 Å². The Hall–Kier alpha value is -13.1. The molecule has 146 heavy (non-hydrogen) atoms. The second-order valence-corrected chi connectivity index (χ2v) is 35.7. The Bertz CT molecular complexity index is 5390. The number of hydrogen-bond acceptors (Lipinski definition) is 46. The third-order valence-electron chi connectivity index (χ3n) is 21.1. The highest BCUT2D eigenvalue weighted by molar-refractivity contribution is 9.10. The first-order valence-corrected chi connectivity index (χ1v) is 47.9. The lowest BCUT2D eigenvalue weighted by molar-refractivity contribution is -0.141. The van der Waals surface area contributed by atoms with Crippen molar-refractivity contribution >= 4 is 178 Å². The van der Waals surface area contributed by atoms with Crippen LogP contribution in [0.2, 0.25) is 0 Å². The number of aromatic nitrogens is 7. The first kappa shape index (κ1) is 123. The number of pyridine rings is 1. The van der Waals surface area contributed by atoms with Gasteiger partial charge in [-0.3, -0.25) is 67.3 Å². The summed E-state index contributed by atoms with van der Waals surface area (Å²) in [7, 11) is 3.82. The van der Waals surface area contributed by atoms with E-state index in [1.54, 1.807) is 12.3 Å². The molecule has 9 amide bonds.